The smallest absolute Gasteiger partial charge is 0.00928 e. The Bertz CT molecular complexity index is 110. The summed E-state index contributed by atoms with van der Waals surface area (Å²) in [6.07, 6.45) is 2.51. The molecule has 0 heterocycles. The summed E-state index contributed by atoms with van der Waals surface area (Å²) < 4.78 is 0. The van der Waals surface area contributed by atoms with Crippen LogP contribution in [0.4, 0.5) is 0 Å². The first-order valence-corrected chi connectivity index (χ1v) is 5.26. The van der Waals surface area contributed by atoms with E-state index in [4.69, 9.17) is 5.73 Å². The SMILES string of the molecule is CCCC(C)C(N)C(C)C(C)C. The molecule has 0 spiro atoms. The van der Waals surface area contributed by atoms with E-state index in [0.29, 0.717) is 23.8 Å². The van der Waals surface area contributed by atoms with Crippen LogP contribution in [-0.4, -0.2) is 6.04 Å². The van der Waals surface area contributed by atoms with Gasteiger partial charge in [-0.15, -0.1) is 0 Å². The second kappa shape index (κ2) is 5.58. The molecule has 0 aliphatic rings. The molecule has 0 aromatic rings. The summed E-state index contributed by atoms with van der Waals surface area (Å²) in [6, 6.07) is 0.380. The lowest BCUT2D eigenvalue weighted by atomic mass is 9.82. The van der Waals surface area contributed by atoms with Gasteiger partial charge in [-0.25, -0.2) is 0 Å². The van der Waals surface area contributed by atoms with E-state index in [9.17, 15) is 0 Å². The van der Waals surface area contributed by atoms with Crippen molar-refractivity contribution in [1.82, 2.24) is 0 Å². The Morgan fingerprint density at radius 3 is 1.92 bits per heavy atom. The first-order chi connectivity index (χ1) is 5.50. The third-order valence-electron chi connectivity index (χ3n) is 3.06. The molecule has 0 rings (SSSR count). The van der Waals surface area contributed by atoms with Crippen LogP contribution in [0.15, 0.2) is 0 Å². The summed E-state index contributed by atoms with van der Waals surface area (Å²) in [6.45, 7) is 11.3. The zero-order chi connectivity index (χ0) is 9.72. The minimum Gasteiger partial charge on any atom is -0.327 e. The van der Waals surface area contributed by atoms with Crippen LogP contribution in [0, 0.1) is 17.8 Å². The van der Waals surface area contributed by atoms with Crippen molar-refractivity contribution in [1.29, 1.82) is 0 Å². The highest BCUT2D eigenvalue weighted by Gasteiger charge is 2.20. The van der Waals surface area contributed by atoms with Crippen LogP contribution < -0.4 is 5.73 Å². The average molecular weight is 171 g/mol. The molecule has 0 aliphatic heterocycles. The van der Waals surface area contributed by atoms with Crippen LogP contribution in [0.1, 0.15) is 47.5 Å². The van der Waals surface area contributed by atoms with E-state index in [1.165, 1.54) is 12.8 Å². The van der Waals surface area contributed by atoms with Crippen molar-refractivity contribution in [2.45, 2.75) is 53.5 Å². The maximum Gasteiger partial charge on any atom is 0.00928 e. The van der Waals surface area contributed by atoms with Crippen LogP contribution in [0.25, 0.3) is 0 Å². The average Bonchev–Trinajstić information content (AvgIpc) is 2.02. The van der Waals surface area contributed by atoms with Gasteiger partial charge < -0.3 is 5.73 Å². The molecular formula is C11H25N. The van der Waals surface area contributed by atoms with Crippen molar-refractivity contribution in [3.05, 3.63) is 0 Å². The van der Waals surface area contributed by atoms with E-state index in [1.54, 1.807) is 0 Å². The Labute approximate surface area is 77.7 Å². The molecule has 0 fully saturated rings. The van der Waals surface area contributed by atoms with Crippen molar-refractivity contribution in [2.75, 3.05) is 0 Å². The Balaban J connectivity index is 3.90. The summed E-state index contributed by atoms with van der Waals surface area (Å²) >= 11 is 0. The first kappa shape index (κ1) is 12.0. The van der Waals surface area contributed by atoms with E-state index in [0.717, 1.165) is 0 Å². The zero-order valence-electron chi connectivity index (χ0n) is 9.30. The zero-order valence-corrected chi connectivity index (χ0v) is 9.30. The highest BCUT2D eigenvalue weighted by atomic mass is 14.7. The van der Waals surface area contributed by atoms with Gasteiger partial charge in [0, 0.05) is 6.04 Å². The van der Waals surface area contributed by atoms with Crippen LogP contribution in [0.5, 0.6) is 0 Å². The van der Waals surface area contributed by atoms with Crippen molar-refractivity contribution in [3.63, 3.8) is 0 Å². The van der Waals surface area contributed by atoms with E-state index in [-0.39, 0.29) is 0 Å². The van der Waals surface area contributed by atoms with Gasteiger partial charge in [0.25, 0.3) is 0 Å². The summed E-state index contributed by atoms with van der Waals surface area (Å²) in [5, 5.41) is 0. The summed E-state index contributed by atoms with van der Waals surface area (Å²) in [7, 11) is 0. The highest BCUT2D eigenvalue weighted by molar-refractivity contribution is 4.76. The second-order valence-corrected chi connectivity index (χ2v) is 4.45. The lowest BCUT2D eigenvalue weighted by molar-refractivity contribution is 0.268. The quantitative estimate of drug-likeness (QED) is 0.676. The summed E-state index contributed by atoms with van der Waals surface area (Å²) in [5.74, 6) is 2.03. The maximum absolute atomic E-state index is 6.15. The largest absolute Gasteiger partial charge is 0.327 e. The molecule has 3 unspecified atom stereocenters. The maximum atomic E-state index is 6.15. The Hall–Kier alpha value is -0.0400. The molecule has 0 saturated carbocycles. The Morgan fingerprint density at radius 1 is 1.08 bits per heavy atom. The van der Waals surface area contributed by atoms with Crippen molar-refractivity contribution in [2.24, 2.45) is 23.5 Å². The van der Waals surface area contributed by atoms with Gasteiger partial charge in [-0.3, -0.25) is 0 Å². The normalized spacial score (nSPS) is 19.2. The third kappa shape index (κ3) is 3.57. The molecule has 12 heavy (non-hydrogen) atoms. The number of nitrogens with two attached hydrogens (primary N) is 1. The molecule has 0 bridgehead atoms. The van der Waals surface area contributed by atoms with Gasteiger partial charge in [-0.1, -0.05) is 41.0 Å². The third-order valence-corrected chi connectivity index (χ3v) is 3.06. The van der Waals surface area contributed by atoms with Crippen molar-refractivity contribution in [3.8, 4) is 0 Å². The van der Waals surface area contributed by atoms with E-state index in [1.807, 2.05) is 0 Å². The molecule has 1 nitrogen and oxygen atoms in total. The molecule has 3 atom stereocenters. The van der Waals surface area contributed by atoms with Gasteiger partial charge in [0.2, 0.25) is 0 Å². The number of rotatable bonds is 5. The molecule has 1 heteroatoms. The van der Waals surface area contributed by atoms with Crippen LogP contribution >= 0.6 is 0 Å². The minimum atomic E-state index is 0.380. The molecule has 0 amide bonds. The van der Waals surface area contributed by atoms with Crippen molar-refractivity contribution >= 4 is 0 Å². The van der Waals surface area contributed by atoms with Gasteiger partial charge in [-0.2, -0.15) is 0 Å². The van der Waals surface area contributed by atoms with Crippen LogP contribution in [0.3, 0.4) is 0 Å². The lowest BCUT2D eigenvalue weighted by Gasteiger charge is -2.28. The monoisotopic (exact) mass is 171 g/mol. The number of hydrogen-bond donors (Lipinski definition) is 1. The van der Waals surface area contributed by atoms with E-state index in [2.05, 4.69) is 34.6 Å². The van der Waals surface area contributed by atoms with Gasteiger partial charge in [0.1, 0.15) is 0 Å². The summed E-state index contributed by atoms with van der Waals surface area (Å²) in [5.41, 5.74) is 6.15. The number of hydrogen-bond acceptors (Lipinski definition) is 1. The van der Waals surface area contributed by atoms with E-state index < -0.39 is 0 Å². The first-order valence-electron chi connectivity index (χ1n) is 5.26. The predicted octanol–water partition coefficient (Wildman–Crippen LogP) is 3.04. The Morgan fingerprint density at radius 2 is 1.58 bits per heavy atom. The molecule has 0 radical (unpaired) electrons. The van der Waals surface area contributed by atoms with Gasteiger partial charge >= 0.3 is 0 Å². The predicted molar refractivity (Wildman–Crippen MR) is 56.0 cm³/mol. The molecule has 2 N–H and O–H groups in total. The van der Waals surface area contributed by atoms with Crippen LogP contribution in [0.2, 0.25) is 0 Å². The minimum absolute atomic E-state index is 0.380. The molecule has 0 aromatic carbocycles. The van der Waals surface area contributed by atoms with Gasteiger partial charge in [0.15, 0.2) is 0 Å². The standard InChI is InChI=1S/C11H25N/c1-6-7-9(4)11(12)10(5)8(2)3/h8-11H,6-7,12H2,1-5H3. The molecule has 0 saturated heterocycles. The van der Waals surface area contributed by atoms with Gasteiger partial charge in [-0.05, 0) is 24.2 Å². The second-order valence-electron chi connectivity index (χ2n) is 4.45. The molecule has 0 aromatic heterocycles. The van der Waals surface area contributed by atoms with Gasteiger partial charge in [0.05, 0.1) is 0 Å². The topological polar surface area (TPSA) is 26.0 Å². The Kier molecular flexibility index (Phi) is 5.56. The fraction of sp³-hybridized carbons (Fsp3) is 1.00. The van der Waals surface area contributed by atoms with Crippen LogP contribution in [-0.2, 0) is 0 Å². The molecule has 0 aliphatic carbocycles. The molecular weight excluding hydrogens is 146 g/mol. The van der Waals surface area contributed by atoms with Crippen molar-refractivity contribution < 1.29 is 0 Å². The highest BCUT2D eigenvalue weighted by Crippen LogP contribution is 2.21. The fourth-order valence-electron chi connectivity index (χ4n) is 1.61. The van der Waals surface area contributed by atoms with E-state index >= 15 is 0 Å². The summed E-state index contributed by atoms with van der Waals surface area (Å²) in [4.78, 5) is 0. The lowest BCUT2D eigenvalue weighted by Crippen LogP contribution is -2.37. The fourth-order valence-corrected chi connectivity index (χ4v) is 1.61. The molecule has 74 valence electrons.